The molecule has 8 heteroatoms. The second kappa shape index (κ2) is 11.2. The second-order valence-electron chi connectivity index (χ2n) is 7.74. The summed E-state index contributed by atoms with van der Waals surface area (Å²) in [5.74, 6) is 0.776. The summed E-state index contributed by atoms with van der Waals surface area (Å²) in [6.45, 7) is 0. The molecule has 4 rings (SSSR count). The van der Waals surface area contributed by atoms with Crippen molar-refractivity contribution in [1.29, 1.82) is 0 Å². The molecule has 3 nitrogen and oxygen atoms in total. The molecule has 0 heterocycles. The van der Waals surface area contributed by atoms with Crippen LogP contribution in [0.15, 0.2) is 99.6 Å². The molecule has 1 aliphatic carbocycles. The zero-order valence-electron chi connectivity index (χ0n) is 17.9. The van der Waals surface area contributed by atoms with Crippen LogP contribution in [0.2, 0.25) is 0 Å². The van der Waals surface area contributed by atoms with E-state index < -0.39 is 15.6 Å². The molecule has 0 atom stereocenters. The van der Waals surface area contributed by atoms with Crippen LogP contribution in [0.4, 0.5) is 13.2 Å². The Balaban J connectivity index is 0.000000331. The number of halogens is 3. The maximum Gasteiger partial charge on any atom is 0.485 e. The van der Waals surface area contributed by atoms with Gasteiger partial charge in [-0.15, -0.1) is 0 Å². The SMILES string of the molecule is O=S(=O)([O-])C(F)(F)F.c1ccc([S+](c2ccccc2)c2ccc(C3CCCCC3)cc2)cc1. The van der Waals surface area contributed by atoms with E-state index in [9.17, 15) is 13.2 Å². The van der Waals surface area contributed by atoms with E-state index >= 15 is 0 Å². The first-order valence-electron chi connectivity index (χ1n) is 10.6. The standard InChI is InChI=1S/C24H25S.CHF3O3S/c1-4-10-20(11-5-1)21-16-18-24(19-17-21)25(22-12-6-2-7-13-22)23-14-8-3-9-15-23;2-1(3,4)8(5,6)7/h2-3,6-9,12-20H,1,4-5,10-11H2;(H,5,6,7)/q+1;/p-1. The molecular formula is C25H25F3O3S2. The summed E-state index contributed by atoms with van der Waals surface area (Å²) in [6.07, 6.45) is 6.93. The molecule has 33 heavy (non-hydrogen) atoms. The lowest BCUT2D eigenvalue weighted by Gasteiger charge is -2.22. The molecule has 0 amide bonds. The largest absolute Gasteiger partial charge is 0.741 e. The van der Waals surface area contributed by atoms with Gasteiger partial charge < -0.3 is 4.55 Å². The summed E-state index contributed by atoms with van der Waals surface area (Å²) < 4.78 is 58.9. The summed E-state index contributed by atoms with van der Waals surface area (Å²) in [5, 5.41) is 0. The Morgan fingerprint density at radius 1 is 0.697 bits per heavy atom. The minimum Gasteiger partial charge on any atom is -0.741 e. The topological polar surface area (TPSA) is 57.2 Å². The minimum absolute atomic E-state index is 0.0278. The first kappa shape index (κ1) is 25.3. The summed E-state index contributed by atoms with van der Waals surface area (Å²) in [4.78, 5) is 4.19. The zero-order chi connectivity index (χ0) is 23.9. The van der Waals surface area contributed by atoms with Crippen molar-refractivity contribution in [3.63, 3.8) is 0 Å². The highest BCUT2D eigenvalue weighted by atomic mass is 32.2. The third-order valence-electron chi connectivity index (χ3n) is 5.43. The van der Waals surface area contributed by atoms with Crippen LogP contribution in [0.25, 0.3) is 0 Å². The van der Waals surface area contributed by atoms with Gasteiger partial charge in [0.05, 0.1) is 10.9 Å². The Hall–Kier alpha value is -2.29. The molecule has 1 saturated carbocycles. The molecule has 3 aromatic rings. The van der Waals surface area contributed by atoms with Crippen LogP contribution >= 0.6 is 0 Å². The van der Waals surface area contributed by atoms with Crippen LogP contribution < -0.4 is 0 Å². The first-order chi connectivity index (χ1) is 15.7. The van der Waals surface area contributed by atoms with Crippen LogP contribution in [0.3, 0.4) is 0 Å². The predicted octanol–water partition coefficient (Wildman–Crippen LogP) is 6.88. The van der Waals surface area contributed by atoms with Gasteiger partial charge >= 0.3 is 5.51 Å². The van der Waals surface area contributed by atoms with Crippen molar-refractivity contribution in [2.24, 2.45) is 0 Å². The molecule has 176 valence electrons. The lowest BCUT2D eigenvalue weighted by molar-refractivity contribution is -0.0517. The zero-order valence-corrected chi connectivity index (χ0v) is 19.5. The normalized spacial score (nSPS) is 15.1. The summed E-state index contributed by atoms with van der Waals surface area (Å²) in [5.41, 5.74) is -4.11. The van der Waals surface area contributed by atoms with Gasteiger partial charge in [-0.1, -0.05) is 67.8 Å². The fourth-order valence-electron chi connectivity index (χ4n) is 3.83. The van der Waals surface area contributed by atoms with E-state index in [-0.39, 0.29) is 10.9 Å². The quantitative estimate of drug-likeness (QED) is 0.226. The van der Waals surface area contributed by atoms with Gasteiger partial charge in [-0.25, -0.2) is 8.42 Å². The molecule has 1 aliphatic rings. The summed E-state index contributed by atoms with van der Waals surface area (Å²) in [7, 11) is -6.12. The van der Waals surface area contributed by atoms with E-state index in [0.717, 1.165) is 5.92 Å². The number of hydrogen-bond donors (Lipinski definition) is 0. The van der Waals surface area contributed by atoms with Gasteiger partial charge in [0.2, 0.25) is 0 Å². The van der Waals surface area contributed by atoms with Crippen molar-refractivity contribution in [3.05, 3.63) is 90.5 Å². The van der Waals surface area contributed by atoms with Gasteiger partial charge in [-0.3, -0.25) is 0 Å². The molecule has 0 spiro atoms. The second-order valence-corrected chi connectivity index (χ2v) is 11.1. The Morgan fingerprint density at radius 3 is 1.48 bits per heavy atom. The van der Waals surface area contributed by atoms with Gasteiger partial charge in [0.15, 0.2) is 24.8 Å². The fourth-order valence-corrected chi connectivity index (χ4v) is 5.92. The molecular weight excluding hydrogens is 469 g/mol. The molecule has 0 aliphatic heterocycles. The summed E-state index contributed by atoms with van der Waals surface area (Å²) >= 11 is 0. The van der Waals surface area contributed by atoms with E-state index in [1.165, 1.54) is 52.4 Å². The average Bonchev–Trinajstić information content (AvgIpc) is 2.81. The van der Waals surface area contributed by atoms with Gasteiger partial charge in [0, 0.05) is 0 Å². The van der Waals surface area contributed by atoms with Gasteiger partial charge in [0.25, 0.3) is 0 Å². The van der Waals surface area contributed by atoms with E-state index in [4.69, 9.17) is 13.0 Å². The highest BCUT2D eigenvalue weighted by Crippen LogP contribution is 2.35. The Kier molecular flexibility index (Phi) is 8.62. The molecule has 0 saturated heterocycles. The lowest BCUT2D eigenvalue weighted by Crippen LogP contribution is -2.21. The molecule has 3 aromatic carbocycles. The average molecular weight is 495 g/mol. The molecule has 1 fully saturated rings. The number of alkyl halides is 3. The van der Waals surface area contributed by atoms with Crippen LogP contribution in [-0.4, -0.2) is 18.5 Å². The molecule has 0 unspecified atom stereocenters. The highest BCUT2D eigenvalue weighted by molar-refractivity contribution is 7.97. The Bertz CT molecular complexity index is 1060. The van der Waals surface area contributed by atoms with Crippen LogP contribution in [-0.2, 0) is 21.0 Å². The van der Waals surface area contributed by atoms with Crippen LogP contribution in [0, 0.1) is 0 Å². The Labute approximate surface area is 195 Å². The smallest absolute Gasteiger partial charge is 0.485 e. The first-order valence-corrected chi connectivity index (χ1v) is 13.3. The molecule has 0 radical (unpaired) electrons. The number of hydrogen-bond acceptors (Lipinski definition) is 3. The highest BCUT2D eigenvalue weighted by Gasteiger charge is 2.37. The maximum absolute atomic E-state index is 10.7. The molecule has 0 aromatic heterocycles. The van der Waals surface area contributed by atoms with E-state index in [2.05, 4.69) is 84.9 Å². The van der Waals surface area contributed by atoms with E-state index in [0.29, 0.717) is 0 Å². The molecule has 0 N–H and O–H groups in total. The number of rotatable bonds is 4. The fraction of sp³-hybridized carbons (Fsp3) is 0.280. The van der Waals surface area contributed by atoms with Crippen molar-refractivity contribution in [3.8, 4) is 0 Å². The van der Waals surface area contributed by atoms with Crippen molar-refractivity contribution >= 4 is 21.0 Å². The van der Waals surface area contributed by atoms with E-state index in [1.54, 1.807) is 0 Å². The Morgan fingerprint density at radius 2 is 1.09 bits per heavy atom. The van der Waals surface area contributed by atoms with Crippen molar-refractivity contribution in [2.75, 3.05) is 0 Å². The number of benzene rings is 3. The van der Waals surface area contributed by atoms with Crippen molar-refractivity contribution in [1.82, 2.24) is 0 Å². The lowest BCUT2D eigenvalue weighted by atomic mass is 9.84. The van der Waals surface area contributed by atoms with Gasteiger partial charge in [0.1, 0.15) is 0 Å². The summed E-state index contributed by atoms with van der Waals surface area (Å²) in [6, 6.07) is 31.3. The predicted molar refractivity (Wildman–Crippen MR) is 123 cm³/mol. The molecule has 0 bridgehead atoms. The van der Waals surface area contributed by atoms with Crippen LogP contribution in [0.5, 0.6) is 0 Å². The monoisotopic (exact) mass is 494 g/mol. The van der Waals surface area contributed by atoms with Crippen molar-refractivity contribution in [2.45, 2.75) is 58.2 Å². The van der Waals surface area contributed by atoms with Crippen molar-refractivity contribution < 1.29 is 26.1 Å². The van der Waals surface area contributed by atoms with Crippen LogP contribution in [0.1, 0.15) is 43.6 Å². The van der Waals surface area contributed by atoms with Gasteiger partial charge in [-0.2, -0.15) is 13.2 Å². The minimum atomic E-state index is -6.09. The van der Waals surface area contributed by atoms with E-state index in [1.807, 2.05) is 0 Å². The van der Waals surface area contributed by atoms with Gasteiger partial charge in [-0.05, 0) is 60.7 Å². The third-order valence-corrected chi connectivity index (χ3v) is 8.23. The maximum atomic E-state index is 10.7. The third kappa shape index (κ3) is 7.09.